The van der Waals surface area contributed by atoms with E-state index in [1.54, 1.807) is 43.4 Å². The molecule has 1 unspecified atom stereocenters. The van der Waals surface area contributed by atoms with Crippen LogP contribution in [0.3, 0.4) is 0 Å². The highest BCUT2D eigenvalue weighted by Crippen LogP contribution is 2.30. The van der Waals surface area contributed by atoms with Crippen molar-refractivity contribution in [2.24, 2.45) is 0 Å². The zero-order valence-electron chi connectivity index (χ0n) is 17.7. The normalized spacial score (nSPS) is 18.8. The molecule has 0 aliphatic carbocycles. The van der Waals surface area contributed by atoms with Crippen molar-refractivity contribution >= 4 is 17.7 Å². The SMILES string of the molecule is COC1(OC)CCN(C(=O)C(Cc2ccccc2)N2C(=O)c3ccccc3C2=O)CC1. The third-order valence-corrected chi connectivity index (χ3v) is 6.28. The molecule has 7 heteroatoms. The largest absolute Gasteiger partial charge is 0.353 e. The van der Waals surface area contributed by atoms with Gasteiger partial charge in [-0.3, -0.25) is 19.3 Å². The first-order valence-corrected chi connectivity index (χ1v) is 10.4. The Balaban J connectivity index is 1.62. The summed E-state index contributed by atoms with van der Waals surface area (Å²) in [7, 11) is 3.19. The van der Waals surface area contributed by atoms with Crippen molar-refractivity contribution in [3.8, 4) is 0 Å². The maximum absolute atomic E-state index is 13.6. The summed E-state index contributed by atoms with van der Waals surface area (Å²) in [5, 5.41) is 0. The van der Waals surface area contributed by atoms with Crippen molar-refractivity contribution in [3.05, 3.63) is 71.3 Å². The Morgan fingerprint density at radius 1 is 0.903 bits per heavy atom. The van der Waals surface area contributed by atoms with Crippen LogP contribution in [0.25, 0.3) is 0 Å². The molecule has 2 aromatic carbocycles. The van der Waals surface area contributed by atoms with Crippen LogP contribution >= 0.6 is 0 Å². The van der Waals surface area contributed by atoms with E-state index in [1.807, 2.05) is 30.3 Å². The van der Waals surface area contributed by atoms with Gasteiger partial charge in [0.05, 0.1) is 11.1 Å². The topological polar surface area (TPSA) is 76.2 Å². The molecule has 0 aromatic heterocycles. The van der Waals surface area contributed by atoms with Crippen LogP contribution in [0.5, 0.6) is 0 Å². The lowest BCUT2D eigenvalue weighted by Gasteiger charge is -2.41. The fourth-order valence-corrected chi connectivity index (χ4v) is 4.39. The lowest BCUT2D eigenvalue weighted by molar-refractivity contribution is -0.229. The van der Waals surface area contributed by atoms with E-state index in [9.17, 15) is 14.4 Å². The van der Waals surface area contributed by atoms with Gasteiger partial charge in [0.2, 0.25) is 5.91 Å². The second-order valence-corrected chi connectivity index (χ2v) is 7.88. The van der Waals surface area contributed by atoms with Crippen LogP contribution in [-0.2, 0) is 20.7 Å². The van der Waals surface area contributed by atoms with E-state index in [-0.39, 0.29) is 12.3 Å². The van der Waals surface area contributed by atoms with Gasteiger partial charge in [-0.1, -0.05) is 42.5 Å². The van der Waals surface area contributed by atoms with Gasteiger partial charge >= 0.3 is 0 Å². The Kier molecular flexibility index (Phi) is 5.89. The van der Waals surface area contributed by atoms with Crippen LogP contribution in [0, 0.1) is 0 Å². The molecule has 2 aliphatic rings. The predicted octanol–water partition coefficient (Wildman–Crippen LogP) is 2.51. The molecular formula is C24H26N2O5. The number of likely N-dealkylation sites (tertiary alicyclic amines) is 1. The Labute approximate surface area is 181 Å². The first-order chi connectivity index (χ1) is 15.0. The summed E-state index contributed by atoms with van der Waals surface area (Å²) in [6, 6.07) is 15.2. The summed E-state index contributed by atoms with van der Waals surface area (Å²) in [6.45, 7) is 0.851. The Morgan fingerprint density at radius 3 is 1.94 bits per heavy atom. The average Bonchev–Trinajstić information content (AvgIpc) is 3.08. The predicted molar refractivity (Wildman–Crippen MR) is 113 cm³/mol. The molecule has 31 heavy (non-hydrogen) atoms. The smallest absolute Gasteiger partial charge is 0.262 e. The van der Waals surface area contributed by atoms with Crippen molar-refractivity contribution in [2.45, 2.75) is 31.1 Å². The highest BCUT2D eigenvalue weighted by atomic mass is 16.7. The van der Waals surface area contributed by atoms with Gasteiger partial charge in [0.25, 0.3) is 11.8 Å². The van der Waals surface area contributed by atoms with E-state index in [1.165, 1.54) is 0 Å². The zero-order valence-corrected chi connectivity index (χ0v) is 17.7. The van der Waals surface area contributed by atoms with Gasteiger partial charge in [-0.2, -0.15) is 0 Å². The lowest BCUT2D eigenvalue weighted by atomic mass is 9.99. The average molecular weight is 422 g/mol. The van der Waals surface area contributed by atoms with Crippen molar-refractivity contribution in [3.63, 3.8) is 0 Å². The van der Waals surface area contributed by atoms with Crippen molar-refractivity contribution < 1.29 is 23.9 Å². The summed E-state index contributed by atoms with van der Waals surface area (Å²) < 4.78 is 11.0. The minimum Gasteiger partial charge on any atom is -0.353 e. The van der Waals surface area contributed by atoms with E-state index in [0.29, 0.717) is 37.1 Å². The second-order valence-electron chi connectivity index (χ2n) is 7.88. The Morgan fingerprint density at radius 2 is 1.42 bits per heavy atom. The molecule has 2 heterocycles. The van der Waals surface area contributed by atoms with Crippen LogP contribution in [0.1, 0.15) is 39.1 Å². The summed E-state index contributed by atoms with van der Waals surface area (Å²) in [5.41, 5.74) is 1.57. The third kappa shape index (κ3) is 3.86. The van der Waals surface area contributed by atoms with Crippen LogP contribution in [0.15, 0.2) is 54.6 Å². The number of ether oxygens (including phenoxy) is 2. The first kappa shape index (κ1) is 21.2. The fraction of sp³-hybridized carbons (Fsp3) is 0.375. The second kappa shape index (κ2) is 8.61. The van der Waals surface area contributed by atoms with Gasteiger partial charge in [-0.25, -0.2) is 0 Å². The van der Waals surface area contributed by atoms with E-state index in [0.717, 1.165) is 10.5 Å². The van der Waals surface area contributed by atoms with Gasteiger partial charge in [-0.05, 0) is 17.7 Å². The quantitative estimate of drug-likeness (QED) is 0.528. The number of hydrogen-bond donors (Lipinski definition) is 0. The summed E-state index contributed by atoms with van der Waals surface area (Å²) >= 11 is 0. The number of imide groups is 1. The van der Waals surface area contributed by atoms with Gasteiger partial charge in [0, 0.05) is 46.6 Å². The molecule has 1 saturated heterocycles. The molecule has 7 nitrogen and oxygen atoms in total. The van der Waals surface area contributed by atoms with E-state index < -0.39 is 23.6 Å². The van der Waals surface area contributed by atoms with Crippen LogP contribution in [-0.4, -0.2) is 66.7 Å². The number of benzene rings is 2. The molecule has 4 rings (SSSR count). The molecule has 162 valence electrons. The van der Waals surface area contributed by atoms with E-state index in [4.69, 9.17) is 9.47 Å². The molecule has 0 radical (unpaired) electrons. The molecule has 2 aromatic rings. The third-order valence-electron chi connectivity index (χ3n) is 6.28. The number of fused-ring (bicyclic) bond motifs is 1. The number of carbonyl (C=O) groups is 3. The molecule has 0 N–H and O–H groups in total. The maximum Gasteiger partial charge on any atom is 0.262 e. The van der Waals surface area contributed by atoms with Gasteiger partial charge in [-0.15, -0.1) is 0 Å². The zero-order chi connectivity index (χ0) is 22.0. The summed E-state index contributed by atoms with van der Waals surface area (Å²) in [5.74, 6) is -1.79. The number of piperidine rings is 1. The van der Waals surface area contributed by atoms with Crippen LogP contribution in [0.2, 0.25) is 0 Å². The first-order valence-electron chi connectivity index (χ1n) is 10.4. The number of methoxy groups -OCH3 is 2. The van der Waals surface area contributed by atoms with Crippen molar-refractivity contribution in [1.82, 2.24) is 9.80 Å². The summed E-state index contributed by atoms with van der Waals surface area (Å²) in [4.78, 5) is 42.7. The number of rotatable bonds is 6. The number of amides is 3. The minimum absolute atomic E-state index is 0.237. The van der Waals surface area contributed by atoms with Crippen LogP contribution in [0.4, 0.5) is 0 Å². The molecule has 1 fully saturated rings. The molecule has 1 atom stereocenters. The summed E-state index contributed by atoms with van der Waals surface area (Å²) in [6.07, 6.45) is 1.30. The molecule has 0 bridgehead atoms. The van der Waals surface area contributed by atoms with Gasteiger partial charge < -0.3 is 14.4 Å². The molecule has 2 aliphatic heterocycles. The van der Waals surface area contributed by atoms with Crippen LogP contribution < -0.4 is 0 Å². The number of carbonyl (C=O) groups excluding carboxylic acids is 3. The highest BCUT2D eigenvalue weighted by Gasteiger charge is 2.45. The van der Waals surface area contributed by atoms with Crippen molar-refractivity contribution in [2.75, 3.05) is 27.3 Å². The Bertz CT molecular complexity index is 941. The van der Waals surface area contributed by atoms with E-state index in [2.05, 4.69) is 0 Å². The standard InChI is InChI=1S/C24H26N2O5/c1-30-24(31-2)12-14-25(15-13-24)23(29)20(16-17-8-4-3-5-9-17)26-21(27)18-10-6-7-11-19(18)22(26)28/h3-11,20H,12-16H2,1-2H3. The lowest BCUT2D eigenvalue weighted by Crippen LogP contribution is -2.56. The molecule has 0 saturated carbocycles. The van der Waals surface area contributed by atoms with Crippen molar-refractivity contribution in [1.29, 1.82) is 0 Å². The van der Waals surface area contributed by atoms with Gasteiger partial charge in [0.15, 0.2) is 5.79 Å². The minimum atomic E-state index is -0.910. The number of hydrogen-bond acceptors (Lipinski definition) is 5. The maximum atomic E-state index is 13.6. The molecule has 0 spiro atoms. The molecule has 3 amide bonds. The highest BCUT2D eigenvalue weighted by molar-refractivity contribution is 6.22. The number of nitrogens with zero attached hydrogens (tertiary/aromatic N) is 2. The monoisotopic (exact) mass is 422 g/mol. The fourth-order valence-electron chi connectivity index (χ4n) is 4.39. The van der Waals surface area contributed by atoms with Gasteiger partial charge in [0.1, 0.15) is 6.04 Å². The van der Waals surface area contributed by atoms with E-state index >= 15 is 0 Å². The Hall–Kier alpha value is -3.03. The molecular weight excluding hydrogens is 396 g/mol.